The van der Waals surface area contributed by atoms with Crippen LogP contribution in [-0.2, 0) is 0 Å². The van der Waals surface area contributed by atoms with E-state index in [9.17, 15) is 0 Å². The van der Waals surface area contributed by atoms with Gasteiger partial charge in [0.1, 0.15) is 5.76 Å². The highest BCUT2D eigenvalue weighted by atomic mass is 16.3. The molecule has 2 heterocycles. The summed E-state index contributed by atoms with van der Waals surface area (Å²) in [5.74, 6) is 0.906. The second-order valence-electron chi connectivity index (χ2n) is 3.47. The maximum absolute atomic E-state index is 5.38. The standard InChI is InChI=1S/C12H14N2O/c1-9-5-6-10(8-14-9)12(13-2)11-4-3-7-15-11/h3-8,12-13H,1-2H3. The highest BCUT2D eigenvalue weighted by molar-refractivity contribution is 5.24. The molecule has 1 unspecified atom stereocenters. The first-order chi connectivity index (χ1) is 7.31. The molecule has 2 aromatic heterocycles. The van der Waals surface area contributed by atoms with E-state index in [1.807, 2.05) is 38.4 Å². The molecule has 78 valence electrons. The molecule has 15 heavy (non-hydrogen) atoms. The quantitative estimate of drug-likeness (QED) is 0.829. The topological polar surface area (TPSA) is 38.1 Å². The minimum Gasteiger partial charge on any atom is -0.467 e. The van der Waals surface area contributed by atoms with E-state index in [0.29, 0.717) is 0 Å². The first kappa shape index (κ1) is 9.93. The molecule has 0 aliphatic heterocycles. The highest BCUT2D eigenvalue weighted by Gasteiger charge is 2.14. The van der Waals surface area contributed by atoms with Crippen molar-refractivity contribution in [1.82, 2.24) is 10.3 Å². The van der Waals surface area contributed by atoms with Gasteiger partial charge in [0, 0.05) is 11.9 Å². The van der Waals surface area contributed by atoms with Gasteiger partial charge in [-0.05, 0) is 37.7 Å². The normalized spacial score (nSPS) is 12.7. The lowest BCUT2D eigenvalue weighted by atomic mass is 10.1. The molecule has 3 heteroatoms. The van der Waals surface area contributed by atoms with Crippen LogP contribution in [-0.4, -0.2) is 12.0 Å². The summed E-state index contributed by atoms with van der Waals surface area (Å²) in [6, 6.07) is 7.99. The van der Waals surface area contributed by atoms with Crippen LogP contribution in [0, 0.1) is 6.92 Å². The van der Waals surface area contributed by atoms with E-state index in [1.165, 1.54) is 0 Å². The molecule has 1 atom stereocenters. The van der Waals surface area contributed by atoms with Gasteiger partial charge >= 0.3 is 0 Å². The van der Waals surface area contributed by atoms with E-state index < -0.39 is 0 Å². The average Bonchev–Trinajstić information content (AvgIpc) is 2.75. The summed E-state index contributed by atoms with van der Waals surface area (Å²) >= 11 is 0. The van der Waals surface area contributed by atoms with E-state index in [-0.39, 0.29) is 6.04 Å². The van der Waals surface area contributed by atoms with Crippen LogP contribution in [0.1, 0.15) is 23.1 Å². The van der Waals surface area contributed by atoms with Gasteiger partial charge in [-0.25, -0.2) is 0 Å². The fraction of sp³-hybridized carbons (Fsp3) is 0.250. The third-order valence-electron chi connectivity index (χ3n) is 2.38. The monoisotopic (exact) mass is 202 g/mol. The largest absolute Gasteiger partial charge is 0.467 e. The molecule has 2 rings (SSSR count). The van der Waals surface area contributed by atoms with Crippen LogP contribution in [0.15, 0.2) is 41.1 Å². The van der Waals surface area contributed by atoms with Gasteiger partial charge in [0.15, 0.2) is 0 Å². The van der Waals surface area contributed by atoms with Gasteiger partial charge in [-0.2, -0.15) is 0 Å². The van der Waals surface area contributed by atoms with E-state index in [0.717, 1.165) is 17.0 Å². The molecule has 0 amide bonds. The van der Waals surface area contributed by atoms with E-state index in [1.54, 1.807) is 6.26 Å². The summed E-state index contributed by atoms with van der Waals surface area (Å²) in [6.45, 7) is 1.98. The maximum atomic E-state index is 5.38. The van der Waals surface area contributed by atoms with Crippen LogP contribution in [0.4, 0.5) is 0 Å². The average molecular weight is 202 g/mol. The van der Waals surface area contributed by atoms with E-state index in [4.69, 9.17) is 4.42 Å². The Kier molecular flexibility index (Phi) is 2.83. The zero-order valence-corrected chi connectivity index (χ0v) is 8.90. The predicted molar refractivity (Wildman–Crippen MR) is 58.6 cm³/mol. The fourth-order valence-corrected chi connectivity index (χ4v) is 1.58. The second-order valence-corrected chi connectivity index (χ2v) is 3.47. The number of nitrogens with zero attached hydrogens (tertiary/aromatic N) is 1. The van der Waals surface area contributed by atoms with Crippen molar-refractivity contribution in [2.75, 3.05) is 7.05 Å². The lowest BCUT2D eigenvalue weighted by Gasteiger charge is -2.13. The van der Waals surface area contributed by atoms with Crippen LogP contribution in [0.2, 0.25) is 0 Å². The molecule has 0 saturated heterocycles. The van der Waals surface area contributed by atoms with Crippen molar-refractivity contribution in [2.24, 2.45) is 0 Å². The van der Waals surface area contributed by atoms with Gasteiger partial charge < -0.3 is 9.73 Å². The molecule has 0 saturated carbocycles. The van der Waals surface area contributed by atoms with Crippen LogP contribution >= 0.6 is 0 Å². The summed E-state index contributed by atoms with van der Waals surface area (Å²) in [5.41, 5.74) is 2.13. The Morgan fingerprint density at radius 2 is 2.20 bits per heavy atom. The Morgan fingerprint density at radius 1 is 1.33 bits per heavy atom. The van der Waals surface area contributed by atoms with Gasteiger partial charge in [-0.3, -0.25) is 4.98 Å². The molecular formula is C12H14N2O. The van der Waals surface area contributed by atoms with Gasteiger partial charge in [0.25, 0.3) is 0 Å². The lowest BCUT2D eigenvalue weighted by Crippen LogP contribution is -2.17. The smallest absolute Gasteiger partial charge is 0.125 e. The third-order valence-corrected chi connectivity index (χ3v) is 2.38. The van der Waals surface area contributed by atoms with Gasteiger partial charge in [-0.15, -0.1) is 0 Å². The molecule has 0 aliphatic rings. The Labute approximate surface area is 89.1 Å². The molecule has 0 spiro atoms. The number of aryl methyl sites for hydroxylation is 1. The Morgan fingerprint density at radius 3 is 2.73 bits per heavy atom. The fourth-order valence-electron chi connectivity index (χ4n) is 1.58. The van der Waals surface area contributed by atoms with Crippen molar-refractivity contribution in [3.05, 3.63) is 53.7 Å². The van der Waals surface area contributed by atoms with Crippen molar-refractivity contribution < 1.29 is 4.42 Å². The maximum Gasteiger partial charge on any atom is 0.125 e. The van der Waals surface area contributed by atoms with Crippen molar-refractivity contribution in [3.8, 4) is 0 Å². The zero-order valence-electron chi connectivity index (χ0n) is 8.90. The van der Waals surface area contributed by atoms with Crippen molar-refractivity contribution in [1.29, 1.82) is 0 Å². The molecule has 0 bridgehead atoms. The highest BCUT2D eigenvalue weighted by Crippen LogP contribution is 2.21. The molecule has 2 aromatic rings. The van der Waals surface area contributed by atoms with Gasteiger partial charge in [0.2, 0.25) is 0 Å². The number of hydrogen-bond acceptors (Lipinski definition) is 3. The SMILES string of the molecule is CNC(c1ccc(C)nc1)c1ccco1. The number of aromatic nitrogens is 1. The number of nitrogens with one attached hydrogen (secondary N) is 1. The molecule has 0 fully saturated rings. The van der Waals surface area contributed by atoms with E-state index in [2.05, 4.69) is 16.4 Å². The van der Waals surface area contributed by atoms with Crippen molar-refractivity contribution >= 4 is 0 Å². The molecule has 1 N–H and O–H groups in total. The first-order valence-electron chi connectivity index (χ1n) is 4.94. The second kappa shape index (κ2) is 4.28. The van der Waals surface area contributed by atoms with Crippen LogP contribution in [0.25, 0.3) is 0 Å². The molecular weight excluding hydrogens is 188 g/mol. The summed E-state index contributed by atoms with van der Waals surface area (Å²) < 4.78 is 5.38. The third kappa shape index (κ3) is 2.07. The van der Waals surface area contributed by atoms with Gasteiger partial charge in [0.05, 0.1) is 12.3 Å². The number of furan rings is 1. The first-order valence-corrected chi connectivity index (χ1v) is 4.94. The summed E-state index contributed by atoms with van der Waals surface area (Å²) in [7, 11) is 1.91. The summed E-state index contributed by atoms with van der Waals surface area (Å²) in [5, 5.41) is 3.21. The molecule has 0 radical (unpaired) electrons. The number of hydrogen-bond donors (Lipinski definition) is 1. The Bertz CT molecular complexity index is 406. The van der Waals surface area contributed by atoms with Crippen LogP contribution in [0.3, 0.4) is 0 Å². The number of pyridine rings is 1. The molecule has 0 aliphatic carbocycles. The molecule has 0 aromatic carbocycles. The number of rotatable bonds is 3. The summed E-state index contributed by atoms with van der Waals surface area (Å²) in [4.78, 5) is 4.28. The molecule has 3 nitrogen and oxygen atoms in total. The minimum atomic E-state index is 0.0769. The van der Waals surface area contributed by atoms with E-state index >= 15 is 0 Å². The summed E-state index contributed by atoms with van der Waals surface area (Å²) in [6.07, 6.45) is 3.56. The van der Waals surface area contributed by atoms with Crippen molar-refractivity contribution in [2.45, 2.75) is 13.0 Å². The van der Waals surface area contributed by atoms with Gasteiger partial charge in [-0.1, -0.05) is 6.07 Å². The lowest BCUT2D eigenvalue weighted by molar-refractivity contribution is 0.463. The Balaban J connectivity index is 2.31. The zero-order chi connectivity index (χ0) is 10.7. The van der Waals surface area contributed by atoms with Crippen molar-refractivity contribution in [3.63, 3.8) is 0 Å². The Hall–Kier alpha value is -1.61. The predicted octanol–water partition coefficient (Wildman–Crippen LogP) is 2.29. The minimum absolute atomic E-state index is 0.0769. The van der Waals surface area contributed by atoms with Crippen LogP contribution < -0.4 is 5.32 Å². The van der Waals surface area contributed by atoms with Crippen LogP contribution in [0.5, 0.6) is 0 Å².